The third kappa shape index (κ3) is 3.67. The summed E-state index contributed by atoms with van der Waals surface area (Å²) in [6.07, 6.45) is -3.44. The summed E-state index contributed by atoms with van der Waals surface area (Å²) in [5, 5.41) is 9.41. The minimum Gasteiger partial charge on any atom is -0.480 e. The Balaban J connectivity index is 1.97. The van der Waals surface area contributed by atoms with Crippen LogP contribution in [0.25, 0.3) is 11.1 Å². The lowest BCUT2D eigenvalue weighted by molar-refractivity contribution is -0.140. The van der Waals surface area contributed by atoms with Crippen molar-refractivity contribution in [2.24, 2.45) is 0 Å². The lowest BCUT2D eigenvalue weighted by Crippen LogP contribution is -2.47. The largest absolute Gasteiger partial charge is 0.480 e. The van der Waals surface area contributed by atoms with Gasteiger partial charge in [0.1, 0.15) is 6.04 Å². The number of alkyl halides is 3. The van der Waals surface area contributed by atoms with Crippen LogP contribution in [-0.2, 0) is 22.2 Å². The fourth-order valence-electron chi connectivity index (χ4n) is 3.36. The van der Waals surface area contributed by atoms with Crippen molar-refractivity contribution in [2.45, 2.75) is 38.4 Å². The zero-order valence-corrected chi connectivity index (χ0v) is 14.6. The smallest absolute Gasteiger partial charge is 0.416 e. The number of aliphatic carboxylic acids is 1. The number of halogens is 3. The molecule has 3 rings (SSSR count). The van der Waals surface area contributed by atoms with Crippen molar-refractivity contribution in [3.8, 4) is 11.1 Å². The average molecular weight is 377 g/mol. The molecule has 0 spiro atoms. The van der Waals surface area contributed by atoms with Gasteiger partial charge in [-0.1, -0.05) is 25.1 Å². The van der Waals surface area contributed by atoms with Crippen molar-refractivity contribution in [3.05, 3.63) is 53.6 Å². The van der Waals surface area contributed by atoms with Crippen LogP contribution < -0.4 is 4.90 Å². The summed E-state index contributed by atoms with van der Waals surface area (Å²) in [5.41, 5.74) is 2.00. The van der Waals surface area contributed by atoms with Crippen LogP contribution >= 0.6 is 0 Å². The second kappa shape index (κ2) is 7.06. The zero-order valence-electron chi connectivity index (χ0n) is 14.6. The highest BCUT2D eigenvalue weighted by molar-refractivity contribution is 6.01. The van der Waals surface area contributed by atoms with Gasteiger partial charge in [0, 0.05) is 12.1 Å². The molecule has 0 bridgehead atoms. The first-order chi connectivity index (χ1) is 12.7. The molecular weight excluding hydrogens is 359 g/mol. The van der Waals surface area contributed by atoms with Crippen LogP contribution in [0, 0.1) is 0 Å². The van der Waals surface area contributed by atoms with Gasteiger partial charge in [0.25, 0.3) is 0 Å². The van der Waals surface area contributed by atoms with E-state index in [2.05, 4.69) is 0 Å². The number of carbonyl (C=O) groups excluding carboxylic acids is 1. The fourth-order valence-corrected chi connectivity index (χ4v) is 3.36. The van der Waals surface area contributed by atoms with Crippen molar-refractivity contribution in [1.29, 1.82) is 0 Å². The van der Waals surface area contributed by atoms with Crippen LogP contribution in [0.3, 0.4) is 0 Å². The molecule has 4 nitrogen and oxygen atoms in total. The number of fused-ring (bicyclic) bond motifs is 1. The Hall–Kier alpha value is -2.83. The minimum atomic E-state index is -4.39. The normalized spacial score (nSPS) is 15.4. The predicted octanol–water partition coefficient (Wildman–Crippen LogP) is 4.51. The quantitative estimate of drug-likeness (QED) is 0.853. The SMILES string of the molecule is CCC(C(=O)O)N1C(=O)CCc2cc(-c3ccc(C(F)(F)F)cc3)ccc21. The number of aryl methyl sites for hydroxylation is 1. The number of carboxylic acids is 1. The minimum absolute atomic E-state index is 0.202. The molecule has 0 saturated carbocycles. The molecule has 0 saturated heterocycles. The van der Waals surface area contributed by atoms with Crippen LogP contribution in [-0.4, -0.2) is 23.0 Å². The van der Waals surface area contributed by atoms with E-state index >= 15 is 0 Å². The van der Waals surface area contributed by atoms with Crippen LogP contribution in [0.4, 0.5) is 18.9 Å². The monoisotopic (exact) mass is 377 g/mol. The molecule has 2 aromatic carbocycles. The van der Waals surface area contributed by atoms with Crippen molar-refractivity contribution in [2.75, 3.05) is 4.90 Å². The van der Waals surface area contributed by atoms with Crippen LogP contribution in [0.1, 0.15) is 30.9 Å². The Bertz CT molecular complexity index is 875. The first kappa shape index (κ1) is 18.9. The number of amides is 1. The maximum absolute atomic E-state index is 12.7. The molecule has 142 valence electrons. The summed E-state index contributed by atoms with van der Waals surface area (Å²) in [7, 11) is 0. The van der Waals surface area contributed by atoms with E-state index in [-0.39, 0.29) is 18.7 Å². The van der Waals surface area contributed by atoms with E-state index in [4.69, 9.17) is 0 Å². The standard InChI is InChI=1S/C20H18F3NO3/c1-2-16(19(26)27)24-17-9-5-13(11-14(17)6-10-18(24)25)12-3-7-15(8-4-12)20(21,22)23/h3-5,7-9,11,16H,2,6,10H2,1H3,(H,26,27). The van der Waals surface area contributed by atoms with E-state index in [9.17, 15) is 27.9 Å². The highest BCUT2D eigenvalue weighted by atomic mass is 19.4. The molecular formula is C20H18F3NO3. The molecule has 0 aliphatic carbocycles. The second-order valence-corrected chi connectivity index (χ2v) is 6.44. The fraction of sp³-hybridized carbons (Fsp3) is 0.300. The summed E-state index contributed by atoms with van der Waals surface area (Å²) in [6.45, 7) is 1.71. The maximum Gasteiger partial charge on any atom is 0.416 e. The lowest BCUT2D eigenvalue weighted by atomic mass is 9.94. The number of hydrogen-bond acceptors (Lipinski definition) is 2. The first-order valence-corrected chi connectivity index (χ1v) is 8.57. The zero-order chi connectivity index (χ0) is 19.8. The van der Waals surface area contributed by atoms with E-state index in [1.165, 1.54) is 17.0 Å². The summed E-state index contributed by atoms with van der Waals surface area (Å²) in [4.78, 5) is 25.1. The topological polar surface area (TPSA) is 57.6 Å². The molecule has 1 atom stereocenters. The van der Waals surface area contributed by atoms with Crippen molar-refractivity contribution in [1.82, 2.24) is 0 Å². The molecule has 1 aliphatic rings. The van der Waals surface area contributed by atoms with E-state index in [0.717, 1.165) is 23.3 Å². The van der Waals surface area contributed by atoms with E-state index < -0.39 is 23.8 Å². The third-order valence-corrected chi connectivity index (χ3v) is 4.74. The van der Waals surface area contributed by atoms with Gasteiger partial charge in [-0.15, -0.1) is 0 Å². The predicted molar refractivity (Wildman–Crippen MR) is 94.4 cm³/mol. The van der Waals surface area contributed by atoms with Gasteiger partial charge in [0.15, 0.2) is 0 Å². The number of anilines is 1. The third-order valence-electron chi connectivity index (χ3n) is 4.74. The van der Waals surface area contributed by atoms with Gasteiger partial charge in [-0.05, 0) is 53.8 Å². The molecule has 1 N–H and O–H groups in total. The van der Waals surface area contributed by atoms with Crippen LogP contribution in [0.15, 0.2) is 42.5 Å². The Kier molecular flexibility index (Phi) is 4.95. The van der Waals surface area contributed by atoms with Crippen molar-refractivity contribution < 1.29 is 27.9 Å². The summed E-state index contributed by atoms with van der Waals surface area (Å²) in [5.74, 6) is -1.30. The van der Waals surface area contributed by atoms with Gasteiger partial charge in [0.2, 0.25) is 5.91 Å². The maximum atomic E-state index is 12.7. The summed E-state index contributed by atoms with van der Waals surface area (Å²) in [6, 6.07) is 9.11. The molecule has 0 fully saturated rings. The highest BCUT2D eigenvalue weighted by Gasteiger charge is 2.34. The molecule has 0 aromatic heterocycles. The molecule has 1 unspecified atom stereocenters. The van der Waals surface area contributed by atoms with Gasteiger partial charge in [-0.3, -0.25) is 9.69 Å². The lowest BCUT2D eigenvalue weighted by Gasteiger charge is -2.33. The molecule has 0 radical (unpaired) electrons. The summed E-state index contributed by atoms with van der Waals surface area (Å²) < 4.78 is 38.1. The second-order valence-electron chi connectivity index (χ2n) is 6.44. The Morgan fingerprint density at radius 3 is 2.30 bits per heavy atom. The average Bonchev–Trinajstić information content (AvgIpc) is 2.63. The van der Waals surface area contributed by atoms with Gasteiger partial charge >= 0.3 is 12.1 Å². The first-order valence-electron chi connectivity index (χ1n) is 8.57. The van der Waals surface area contributed by atoms with E-state index in [1.54, 1.807) is 19.1 Å². The van der Waals surface area contributed by atoms with Crippen LogP contribution in [0.5, 0.6) is 0 Å². The van der Waals surface area contributed by atoms with Crippen LogP contribution in [0.2, 0.25) is 0 Å². The van der Waals surface area contributed by atoms with Gasteiger partial charge < -0.3 is 5.11 Å². The van der Waals surface area contributed by atoms with Gasteiger partial charge in [-0.25, -0.2) is 4.79 Å². The Morgan fingerprint density at radius 2 is 1.74 bits per heavy atom. The molecule has 1 aliphatic heterocycles. The van der Waals surface area contributed by atoms with E-state index in [1.807, 2.05) is 6.07 Å². The highest BCUT2D eigenvalue weighted by Crippen LogP contribution is 2.35. The number of rotatable bonds is 4. The summed E-state index contributed by atoms with van der Waals surface area (Å²) >= 11 is 0. The Labute approximate surface area is 154 Å². The van der Waals surface area contributed by atoms with Gasteiger partial charge in [0.05, 0.1) is 5.56 Å². The number of benzene rings is 2. The number of carbonyl (C=O) groups is 2. The van der Waals surface area contributed by atoms with Crippen molar-refractivity contribution in [3.63, 3.8) is 0 Å². The van der Waals surface area contributed by atoms with Gasteiger partial charge in [-0.2, -0.15) is 13.2 Å². The Morgan fingerprint density at radius 1 is 1.11 bits per heavy atom. The number of hydrogen-bond donors (Lipinski definition) is 1. The number of carboxylic acid groups (broad SMARTS) is 1. The molecule has 27 heavy (non-hydrogen) atoms. The molecule has 2 aromatic rings. The molecule has 7 heteroatoms. The van der Waals surface area contributed by atoms with E-state index in [0.29, 0.717) is 17.7 Å². The molecule has 1 heterocycles. The van der Waals surface area contributed by atoms with Crippen molar-refractivity contribution >= 4 is 17.6 Å². The molecule has 1 amide bonds. The number of nitrogens with zero attached hydrogens (tertiary/aromatic N) is 1.